The fourth-order valence-electron chi connectivity index (χ4n) is 2.64. The van der Waals surface area contributed by atoms with Gasteiger partial charge >= 0.3 is 11.9 Å². The van der Waals surface area contributed by atoms with E-state index in [0.29, 0.717) is 19.4 Å². The van der Waals surface area contributed by atoms with Gasteiger partial charge in [0.15, 0.2) is 0 Å². The molecule has 0 fully saturated rings. The van der Waals surface area contributed by atoms with Crippen LogP contribution in [-0.2, 0) is 22.4 Å². The number of benzene rings is 2. The number of carboxylic acids is 2. The van der Waals surface area contributed by atoms with E-state index in [4.69, 9.17) is 21.7 Å². The second kappa shape index (κ2) is 13.8. The van der Waals surface area contributed by atoms with Gasteiger partial charge in [0.05, 0.1) is 0 Å². The minimum absolute atomic E-state index is 0.344. The van der Waals surface area contributed by atoms with Gasteiger partial charge in [-0.3, -0.25) is 9.59 Å². The van der Waals surface area contributed by atoms with E-state index in [2.05, 4.69) is 17.2 Å². The van der Waals surface area contributed by atoms with Crippen molar-refractivity contribution in [2.24, 2.45) is 11.5 Å². The third-order valence-electron chi connectivity index (χ3n) is 4.26. The van der Waals surface area contributed by atoms with E-state index in [0.717, 1.165) is 29.0 Å². The summed E-state index contributed by atoms with van der Waals surface area (Å²) in [6.45, 7) is 7.16. The molecule has 0 aliphatic rings. The molecule has 2 atom stereocenters. The van der Waals surface area contributed by atoms with Gasteiger partial charge in [-0.15, -0.1) is 6.58 Å². The molecule has 0 bridgehead atoms. The van der Waals surface area contributed by atoms with Gasteiger partial charge in [0.1, 0.15) is 12.1 Å². The lowest BCUT2D eigenvalue weighted by Crippen LogP contribution is -2.32. The van der Waals surface area contributed by atoms with Gasteiger partial charge < -0.3 is 32.3 Å². The van der Waals surface area contributed by atoms with Crippen LogP contribution in [0.25, 0.3) is 0 Å². The van der Waals surface area contributed by atoms with E-state index in [9.17, 15) is 9.59 Å². The summed E-state index contributed by atoms with van der Waals surface area (Å²) in [6.07, 6.45) is 2.47. The van der Waals surface area contributed by atoms with Gasteiger partial charge in [0.2, 0.25) is 0 Å². The molecule has 0 saturated carbocycles. The number of hydrogen-bond donors (Lipinski definition) is 6. The van der Waals surface area contributed by atoms with Crippen LogP contribution < -0.4 is 22.1 Å². The van der Waals surface area contributed by atoms with Crippen LogP contribution in [0.1, 0.15) is 18.1 Å². The molecule has 0 aromatic heterocycles. The Bertz CT molecular complexity index is 840. The van der Waals surface area contributed by atoms with Gasteiger partial charge in [0, 0.05) is 24.5 Å². The van der Waals surface area contributed by atoms with Crippen LogP contribution in [0.2, 0.25) is 0 Å². The first-order chi connectivity index (χ1) is 14.8. The largest absolute Gasteiger partial charge is 0.480 e. The van der Waals surface area contributed by atoms with E-state index < -0.39 is 24.0 Å². The summed E-state index contributed by atoms with van der Waals surface area (Å²) >= 11 is 0. The topological polar surface area (TPSA) is 151 Å². The third kappa shape index (κ3) is 10.3. The molecule has 0 heterocycles. The highest BCUT2D eigenvalue weighted by atomic mass is 16.4. The zero-order valence-corrected chi connectivity index (χ0v) is 17.8. The number of carboxylic acid groups (broad SMARTS) is 2. The van der Waals surface area contributed by atoms with Crippen LogP contribution in [0, 0.1) is 0 Å². The predicted octanol–water partition coefficient (Wildman–Crippen LogP) is 2.31. The standard InChI is InChI=1S/C12H16N2O2.C11H16N2O2/c1-2-7-14-10-5-3-9(4-6-10)8-11(13)12(15)16;1-2-13-9-5-3-4-8(6-9)7-10(12)11(14)15/h2-6,11,14H,1,7-8,13H2,(H,15,16);3-6,10,13H,2,7,12H2,1H3,(H,14,15). The molecule has 2 aromatic carbocycles. The molecule has 0 aliphatic carbocycles. The first kappa shape index (κ1) is 25.7. The van der Waals surface area contributed by atoms with Crippen LogP contribution in [0.15, 0.2) is 61.2 Å². The monoisotopic (exact) mass is 428 g/mol. The second-order valence-corrected chi connectivity index (χ2v) is 6.89. The minimum Gasteiger partial charge on any atom is -0.480 e. The number of rotatable bonds is 11. The first-order valence-electron chi connectivity index (χ1n) is 10.00. The Balaban J connectivity index is 0.000000311. The van der Waals surface area contributed by atoms with Gasteiger partial charge in [0.25, 0.3) is 0 Å². The summed E-state index contributed by atoms with van der Waals surface area (Å²) in [5.41, 5.74) is 14.7. The summed E-state index contributed by atoms with van der Waals surface area (Å²) in [4.78, 5) is 21.1. The Kier molecular flexibility index (Phi) is 11.4. The highest BCUT2D eigenvalue weighted by molar-refractivity contribution is 5.74. The lowest BCUT2D eigenvalue weighted by atomic mass is 10.1. The van der Waals surface area contributed by atoms with Crippen molar-refractivity contribution >= 4 is 23.3 Å². The Morgan fingerprint density at radius 3 is 2.03 bits per heavy atom. The highest BCUT2D eigenvalue weighted by Gasteiger charge is 2.12. The number of nitrogens with two attached hydrogens (primary N) is 2. The molecule has 0 aliphatic heterocycles. The highest BCUT2D eigenvalue weighted by Crippen LogP contribution is 2.12. The van der Waals surface area contributed by atoms with Crippen LogP contribution in [0.3, 0.4) is 0 Å². The minimum atomic E-state index is -0.978. The number of carbonyl (C=O) groups is 2. The molecule has 0 saturated heterocycles. The molecular formula is C23H32N4O4. The van der Waals surface area contributed by atoms with Gasteiger partial charge in [-0.1, -0.05) is 30.3 Å². The Labute approximate surface area is 183 Å². The quantitative estimate of drug-likeness (QED) is 0.298. The van der Waals surface area contributed by atoms with E-state index in [1.807, 2.05) is 55.5 Å². The molecule has 8 nitrogen and oxygen atoms in total. The van der Waals surface area contributed by atoms with Crippen molar-refractivity contribution in [3.8, 4) is 0 Å². The van der Waals surface area contributed by atoms with Crippen molar-refractivity contribution in [2.75, 3.05) is 23.7 Å². The van der Waals surface area contributed by atoms with Crippen LogP contribution in [0.5, 0.6) is 0 Å². The van der Waals surface area contributed by atoms with Crippen LogP contribution in [0.4, 0.5) is 11.4 Å². The normalized spacial score (nSPS) is 12.0. The third-order valence-corrected chi connectivity index (χ3v) is 4.26. The summed E-state index contributed by atoms with van der Waals surface area (Å²) in [6, 6.07) is 13.5. The van der Waals surface area contributed by atoms with E-state index in [1.54, 1.807) is 6.08 Å². The van der Waals surface area contributed by atoms with Gasteiger partial charge in [-0.05, 0) is 55.2 Å². The zero-order valence-electron chi connectivity index (χ0n) is 17.8. The average molecular weight is 429 g/mol. The number of anilines is 2. The van der Waals surface area contributed by atoms with Crippen molar-refractivity contribution in [3.63, 3.8) is 0 Å². The van der Waals surface area contributed by atoms with Crippen molar-refractivity contribution < 1.29 is 19.8 Å². The Morgan fingerprint density at radius 1 is 0.935 bits per heavy atom. The maximum Gasteiger partial charge on any atom is 0.320 e. The fourth-order valence-corrected chi connectivity index (χ4v) is 2.64. The Morgan fingerprint density at radius 2 is 1.52 bits per heavy atom. The lowest BCUT2D eigenvalue weighted by Gasteiger charge is -2.08. The van der Waals surface area contributed by atoms with Crippen LogP contribution in [-0.4, -0.2) is 47.3 Å². The zero-order chi connectivity index (χ0) is 23.2. The van der Waals surface area contributed by atoms with E-state index >= 15 is 0 Å². The summed E-state index contributed by atoms with van der Waals surface area (Å²) < 4.78 is 0. The predicted molar refractivity (Wildman–Crippen MR) is 124 cm³/mol. The molecule has 31 heavy (non-hydrogen) atoms. The molecule has 0 spiro atoms. The smallest absolute Gasteiger partial charge is 0.320 e. The molecule has 8 heteroatoms. The summed E-state index contributed by atoms with van der Waals surface area (Å²) in [7, 11) is 0. The molecular weight excluding hydrogens is 396 g/mol. The van der Waals surface area contributed by atoms with Crippen molar-refractivity contribution in [3.05, 3.63) is 72.3 Å². The molecule has 0 radical (unpaired) electrons. The summed E-state index contributed by atoms with van der Waals surface area (Å²) in [5.74, 6) is -1.95. The molecule has 0 amide bonds. The first-order valence-corrected chi connectivity index (χ1v) is 10.00. The molecule has 2 unspecified atom stereocenters. The number of hydrogen-bond acceptors (Lipinski definition) is 6. The SMILES string of the molecule is C=CCNc1ccc(CC(N)C(=O)O)cc1.CCNc1cccc(CC(N)C(=O)O)c1. The van der Waals surface area contributed by atoms with Crippen molar-refractivity contribution in [1.29, 1.82) is 0 Å². The Hall–Kier alpha value is -3.36. The average Bonchev–Trinajstić information content (AvgIpc) is 2.74. The van der Waals surface area contributed by atoms with E-state index in [1.165, 1.54) is 0 Å². The van der Waals surface area contributed by atoms with Gasteiger partial charge in [-0.2, -0.15) is 0 Å². The molecule has 168 valence electrons. The molecule has 2 rings (SSSR count). The van der Waals surface area contributed by atoms with Crippen molar-refractivity contribution in [1.82, 2.24) is 0 Å². The summed E-state index contributed by atoms with van der Waals surface area (Å²) in [5, 5.41) is 23.6. The van der Waals surface area contributed by atoms with Crippen LogP contribution >= 0.6 is 0 Å². The maximum atomic E-state index is 10.6. The molecule has 2 aromatic rings. The second-order valence-electron chi connectivity index (χ2n) is 6.89. The van der Waals surface area contributed by atoms with E-state index in [-0.39, 0.29) is 0 Å². The molecule has 8 N–H and O–H groups in total. The number of aliphatic carboxylic acids is 2. The maximum absolute atomic E-state index is 10.6. The lowest BCUT2D eigenvalue weighted by molar-refractivity contribution is -0.139. The van der Waals surface area contributed by atoms with Crippen molar-refractivity contribution in [2.45, 2.75) is 31.8 Å². The van der Waals surface area contributed by atoms with Gasteiger partial charge in [-0.25, -0.2) is 0 Å². The fraction of sp³-hybridized carbons (Fsp3) is 0.304. The number of nitrogens with one attached hydrogen (secondary N) is 2.